The lowest BCUT2D eigenvalue weighted by Crippen LogP contribution is -2.57. The van der Waals surface area contributed by atoms with E-state index in [2.05, 4.69) is 20.8 Å². The van der Waals surface area contributed by atoms with E-state index in [1.807, 2.05) is 0 Å². The number of hydrogen-bond donors (Lipinski definition) is 0. The Bertz CT molecular complexity index is 465. The molecule has 1 aliphatic heterocycles. The van der Waals surface area contributed by atoms with Crippen LogP contribution >= 0.6 is 0 Å². The van der Waals surface area contributed by atoms with Gasteiger partial charge in [0.2, 0.25) is 5.91 Å². The predicted molar refractivity (Wildman–Crippen MR) is 74.3 cm³/mol. The van der Waals surface area contributed by atoms with Gasteiger partial charge in [0.25, 0.3) is 0 Å². The van der Waals surface area contributed by atoms with Gasteiger partial charge in [-0.15, -0.1) is 0 Å². The summed E-state index contributed by atoms with van der Waals surface area (Å²) in [6, 6.07) is -1.47. The van der Waals surface area contributed by atoms with E-state index in [0.717, 1.165) is 6.42 Å². The maximum Gasteiger partial charge on any atom is 0.226 e. The molecule has 0 bridgehead atoms. The molecule has 104 valence electrons. The maximum absolute atomic E-state index is 12.7. The molecular formula is C15H28N2O. The summed E-state index contributed by atoms with van der Waals surface area (Å²) in [6.45, 7) is 2.60. The topological polar surface area (TPSA) is 23.6 Å². The Hall–Kier alpha value is -0.570. The summed E-state index contributed by atoms with van der Waals surface area (Å²) >= 11 is 0. The minimum absolute atomic E-state index is 0.00582. The molecule has 3 heteroatoms. The van der Waals surface area contributed by atoms with Crippen molar-refractivity contribution in [1.82, 2.24) is 9.80 Å². The molecule has 0 spiro atoms. The van der Waals surface area contributed by atoms with Crippen LogP contribution in [-0.2, 0) is 4.79 Å². The van der Waals surface area contributed by atoms with Crippen molar-refractivity contribution < 1.29 is 13.0 Å². The van der Waals surface area contributed by atoms with Gasteiger partial charge in [0.1, 0.15) is 0 Å². The molecule has 1 heterocycles. The first-order valence-corrected chi connectivity index (χ1v) is 6.79. The molecule has 3 nitrogen and oxygen atoms in total. The average molecular weight is 258 g/mol. The van der Waals surface area contributed by atoms with Gasteiger partial charge in [0.05, 0.1) is 0 Å². The average Bonchev–Trinajstić information content (AvgIpc) is 2.41. The van der Waals surface area contributed by atoms with Gasteiger partial charge in [-0.3, -0.25) is 9.69 Å². The van der Waals surface area contributed by atoms with Gasteiger partial charge >= 0.3 is 0 Å². The summed E-state index contributed by atoms with van der Waals surface area (Å²) < 4.78 is 45.3. The largest absolute Gasteiger partial charge is 0.340 e. The zero-order valence-corrected chi connectivity index (χ0v) is 11.6. The standard InChI is InChI=1S/C15H28N2O/c1-11(2)16-6-8-17(9-7-16)14(18)13-10-12(3)15(13,4)5/h11-13H,6-10H2,1-5H3/t12-,13-/m1/s1/i1D3,2D3. The second kappa shape index (κ2) is 4.84. The van der Waals surface area contributed by atoms with Crippen molar-refractivity contribution >= 4 is 5.91 Å². The van der Waals surface area contributed by atoms with Crippen molar-refractivity contribution in [3.63, 3.8) is 0 Å². The van der Waals surface area contributed by atoms with Crippen LogP contribution in [0.15, 0.2) is 0 Å². The second-order valence-electron chi connectivity index (χ2n) is 6.27. The molecule has 0 unspecified atom stereocenters. The van der Waals surface area contributed by atoms with E-state index >= 15 is 0 Å². The van der Waals surface area contributed by atoms with Gasteiger partial charge in [-0.2, -0.15) is 0 Å². The highest BCUT2D eigenvalue weighted by molar-refractivity contribution is 5.80. The van der Waals surface area contributed by atoms with Crippen LogP contribution in [0, 0.1) is 17.3 Å². The fourth-order valence-corrected chi connectivity index (χ4v) is 2.98. The zero-order chi connectivity index (χ0) is 18.5. The van der Waals surface area contributed by atoms with Crippen LogP contribution in [-0.4, -0.2) is 47.9 Å². The van der Waals surface area contributed by atoms with Crippen LogP contribution in [0.3, 0.4) is 0 Å². The smallest absolute Gasteiger partial charge is 0.226 e. The Morgan fingerprint density at radius 2 is 1.89 bits per heavy atom. The number of carbonyl (C=O) groups is 1. The Kier molecular flexibility index (Phi) is 2.12. The van der Waals surface area contributed by atoms with E-state index in [9.17, 15) is 4.79 Å². The number of rotatable bonds is 2. The van der Waals surface area contributed by atoms with Crippen molar-refractivity contribution in [3.8, 4) is 0 Å². The molecule has 1 saturated carbocycles. The number of nitrogens with zero attached hydrogens (tertiary/aromatic N) is 2. The zero-order valence-electron chi connectivity index (χ0n) is 17.6. The maximum atomic E-state index is 12.7. The summed E-state index contributed by atoms with van der Waals surface area (Å²) in [6.07, 6.45) is 0.888. The Morgan fingerprint density at radius 1 is 1.28 bits per heavy atom. The molecule has 1 aliphatic carbocycles. The van der Waals surface area contributed by atoms with E-state index < -0.39 is 19.7 Å². The third-order valence-corrected chi connectivity index (χ3v) is 5.05. The van der Waals surface area contributed by atoms with Crippen LogP contribution in [0.5, 0.6) is 0 Å². The summed E-state index contributed by atoms with van der Waals surface area (Å²) in [5, 5.41) is 0. The third-order valence-electron chi connectivity index (χ3n) is 5.05. The summed E-state index contributed by atoms with van der Waals surface area (Å²) in [5.41, 5.74) is -0.00582. The van der Waals surface area contributed by atoms with Crippen LogP contribution < -0.4 is 0 Å². The van der Waals surface area contributed by atoms with Gasteiger partial charge in [0.15, 0.2) is 0 Å². The first-order chi connectivity index (χ1) is 10.8. The first-order valence-electron chi connectivity index (χ1n) is 9.79. The highest BCUT2D eigenvalue weighted by Crippen LogP contribution is 2.51. The Labute approximate surface area is 120 Å². The third kappa shape index (κ3) is 2.29. The van der Waals surface area contributed by atoms with Gasteiger partial charge < -0.3 is 4.90 Å². The van der Waals surface area contributed by atoms with Gasteiger partial charge in [-0.25, -0.2) is 0 Å². The molecule has 0 aromatic rings. The highest BCUT2D eigenvalue weighted by Gasteiger charge is 2.50. The van der Waals surface area contributed by atoms with E-state index in [1.165, 1.54) is 4.90 Å². The Balaban J connectivity index is 1.99. The summed E-state index contributed by atoms with van der Waals surface area (Å²) in [7, 11) is 0. The normalized spacial score (nSPS) is 38.8. The Morgan fingerprint density at radius 3 is 2.33 bits per heavy atom. The molecule has 2 fully saturated rings. The van der Waals surface area contributed by atoms with Crippen molar-refractivity contribution in [2.45, 2.75) is 46.9 Å². The van der Waals surface area contributed by atoms with Crippen LogP contribution in [0.25, 0.3) is 0 Å². The lowest BCUT2D eigenvalue weighted by atomic mass is 9.55. The molecule has 0 aromatic carbocycles. The quantitative estimate of drug-likeness (QED) is 0.758. The van der Waals surface area contributed by atoms with Crippen LogP contribution in [0.4, 0.5) is 0 Å². The number of piperazine rings is 1. The van der Waals surface area contributed by atoms with Gasteiger partial charge in [-0.1, -0.05) is 20.8 Å². The first kappa shape index (κ1) is 7.88. The lowest BCUT2D eigenvalue weighted by molar-refractivity contribution is -0.152. The van der Waals surface area contributed by atoms with Crippen LogP contribution in [0.2, 0.25) is 0 Å². The fourth-order valence-electron chi connectivity index (χ4n) is 2.98. The SMILES string of the molecule is [2H]C([2H])([2H])C(N1CCN(C(=O)[C@H]2C[C@@H](C)C2(C)C)CC1)C([2H])([2H])[2H]. The van der Waals surface area contributed by atoms with E-state index in [1.54, 1.807) is 4.90 Å². The molecular weight excluding hydrogens is 224 g/mol. The van der Waals surface area contributed by atoms with Crippen LogP contribution in [0.1, 0.15) is 49.1 Å². The summed E-state index contributed by atoms with van der Waals surface area (Å²) in [4.78, 5) is 16.0. The second-order valence-corrected chi connectivity index (χ2v) is 6.27. The van der Waals surface area contributed by atoms with E-state index in [0.29, 0.717) is 19.0 Å². The predicted octanol–water partition coefficient (Wildman–Crippen LogP) is 2.22. The molecule has 0 radical (unpaired) electrons. The molecule has 2 atom stereocenters. The molecule has 2 aliphatic rings. The van der Waals surface area contributed by atoms with E-state index in [-0.39, 0.29) is 30.3 Å². The van der Waals surface area contributed by atoms with Crippen molar-refractivity contribution in [2.75, 3.05) is 26.2 Å². The molecule has 0 aromatic heterocycles. The monoisotopic (exact) mass is 258 g/mol. The van der Waals surface area contributed by atoms with Gasteiger partial charge in [-0.05, 0) is 31.5 Å². The number of hydrogen-bond acceptors (Lipinski definition) is 2. The molecule has 0 N–H and O–H groups in total. The fraction of sp³-hybridized carbons (Fsp3) is 0.933. The van der Waals surface area contributed by atoms with Crippen molar-refractivity contribution in [1.29, 1.82) is 0 Å². The number of amides is 1. The van der Waals surface area contributed by atoms with Crippen molar-refractivity contribution in [3.05, 3.63) is 0 Å². The minimum Gasteiger partial charge on any atom is -0.340 e. The molecule has 18 heavy (non-hydrogen) atoms. The highest BCUT2D eigenvalue weighted by atomic mass is 16.2. The lowest BCUT2D eigenvalue weighted by Gasteiger charge is -2.52. The molecule has 1 amide bonds. The minimum atomic E-state index is -2.57. The summed E-state index contributed by atoms with van der Waals surface area (Å²) in [5.74, 6) is 0.653. The van der Waals surface area contributed by atoms with Crippen molar-refractivity contribution in [2.24, 2.45) is 17.3 Å². The van der Waals surface area contributed by atoms with Gasteiger partial charge in [0, 0.05) is 46.4 Å². The number of carbonyl (C=O) groups excluding carboxylic acids is 1. The van der Waals surface area contributed by atoms with E-state index in [4.69, 9.17) is 8.22 Å². The molecule has 2 rings (SSSR count). The molecule has 1 saturated heterocycles.